The first-order valence-corrected chi connectivity index (χ1v) is 4.72. The van der Waals surface area contributed by atoms with Crippen molar-refractivity contribution in [1.82, 2.24) is 0 Å². The molecule has 0 radical (unpaired) electrons. The molecule has 1 aromatic carbocycles. The summed E-state index contributed by atoms with van der Waals surface area (Å²) in [5.74, 6) is 0.788. The number of hydrogen-bond donors (Lipinski definition) is 1. The number of carbonyl (C=O) groups excluding carboxylic acids is 1. The zero-order chi connectivity index (χ0) is 11.1. The number of benzene rings is 1. The van der Waals surface area contributed by atoms with Crippen molar-refractivity contribution in [1.29, 1.82) is 0 Å². The Hall–Kier alpha value is -1.84. The molecule has 0 unspecified atom stereocenters. The van der Waals surface area contributed by atoms with Crippen LogP contribution in [0.5, 0.6) is 5.75 Å². The Morgan fingerprint density at radius 1 is 1.47 bits per heavy atom. The maximum atomic E-state index is 10.5. The van der Waals surface area contributed by atoms with E-state index in [0.717, 1.165) is 17.7 Å². The van der Waals surface area contributed by atoms with E-state index in [0.29, 0.717) is 12.1 Å². The first-order chi connectivity index (χ1) is 7.30. The Labute approximate surface area is 88.9 Å². The van der Waals surface area contributed by atoms with Gasteiger partial charge in [-0.1, -0.05) is 6.92 Å². The van der Waals surface area contributed by atoms with E-state index in [9.17, 15) is 4.79 Å². The molecule has 80 valence electrons. The third kappa shape index (κ3) is 3.42. The van der Waals surface area contributed by atoms with Crippen LogP contribution in [0.25, 0.3) is 0 Å². The Morgan fingerprint density at radius 3 is 2.60 bits per heavy atom. The standard InChI is InChI=1S/C11H14N2O2/c1-3-9(8-14)12-13-10-4-6-11(15-2)7-5-10/h4-8,13H,3H2,1-2H3/b12-9-. The average molecular weight is 206 g/mol. The van der Waals surface area contributed by atoms with Crippen LogP contribution in [0.15, 0.2) is 29.4 Å². The predicted octanol–water partition coefficient (Wildman–Crippen LogP) is 2.07. The first-order valence-electron chi connectivity index (χ1n) is 4.72. The van der Waals surface area contributed by atoms with E-state index in [1.54, 1.807) is 7.11 Å². The summed E-state index contributed by atoms with van der Waals surface area (Å²) in [6.07, 6.45) is 1.36. The quantitative estimate of drug-likeness (QED) is 0.456. The van der Waals surface area contributed by atoms with Gasteiger partial charge < -0.3 is 4.74 Å². The number of carbonyl (C=O) groups is 1. The maximum Gasteiger partial charge on any atom is 0.166 e. The smallest absolute Gasteiger partial charge is 0.166 e. The molecule has 0 bridgehead atoms. The fourth-order valence-electron chi connectivity index (χ4n) is 0.991. The lowest BCUT2D eigenvalue weighted by molar-refractivity contribution is -0.102. The second-order valence-corrected chi connectivity index (χ2v) is 2.91. The van der Waals surface area contributed by atoms with Gasteiger partial charge in [0.25, 0.3) is 0 Å². The molecule has 1 N–H and O–H groups in total. The van der Waals surface area contributed by atoms with Crippen molar-refractivity contribution >= 4 is 17.7 Å². The molecule has 0 amide bonds. The molecule has 0 heterocycles. The molecule has 0 aliphatic carbocycles. The second-order valence-electron chi connectivity index (χ2n) is 2.91. The van der Waals surface area contributed by atoms with Crippen molar-refractivity contribution in [2.24, 2.45) is 5.10 Å². The summed E-state index contributed by atoms with van der Waals surface area (Å²) in [6.45, 7) is 1.88. The van der Waals surface area contributed by atoms with Crippen LogP contribution < -0.4 is 10.2 Å². The zero-order valence-electron chi connectivity index (χ0n) is 8.86. The number of nitrogens with one attached hydrogen (secondary N) is 1. The average Bonchev–Trinajstić information content (AvgIpc) is 2.31. The molecule has 0 saturated carbocycles. The van der Waals surface area contributed by atoms with E-state index in [1.807, 2.05) is 31.2 Å². The molecular formula is C11H14N2O2. The Kier molecular flexibility index (Phi) is 4.34. The van der Waals surface area contributed by atoms with Crippen LogP contribution in [0.2, 0.25) is 0 Å². The SMILES string of the molecule is CC/C(C=O)=N/Nc1ccc(OC)cc1. The van der Waals surface area contributed by atoms with Gasteiger partial charge in [0.05, 0.1) is 12.8 Å². The molecule has 1 rings (SSSR count). The van der Waals surface area contributed by atoms with Gasteiger partial charge in [-0.25, -0.2) is 0 Å². The summed E-state index contributed by atoms with van der Waals surface area (Å²) in [5, 5.41) is 3.94. The first kappa shape index (κ1) is 11.2. The van der Waals surface area contributed by atoms with Gasteiger partial charge in [-0.2, -0.15) is 5.10 Å². The minimum atomic E-state index is 0.491. The number of hydrogen-bond acceptors (Lipinski definition) is 4. The number of anilines is 1. The van der Waals surface area contributed by atoms with E-state index < -0.39 is 0 Å². The lowest BCUT2D eigenvalue weighted by atomic mass is 10.3. The van der Waals surface area contributed by atoms with Crippen LogP contribution >= 0.6 is 0 Å². The molecule has 0 spiro atoms. The fraction of sp³-hybridized carbons (Fsp3) is 0.273. The van der Waals surface area contributed by atoms with Gasteiger partial charge in [-0.15, -0.1) is 0 Å². The predicted molar refractivity (Wildman–Crippen MR) is 60.4 cm³/mol. The number of methoxy groups -OCH3 is 1. The molecule has 0 aromatic heterocycles. The Balaban J connectivity index is 2.65. The summed E-state index contributed by atoms with van der Waals surface area (Å²) < 4.78 is 5.02. The van der Waals surface area contributed by atoms with Gasteiger partial charge in [-0.3, -0.25) is 10.2 Å². The minimum Gasteiger partial charge on any atom is -0.497 e. The van der Waals surface area contributed by atoms with E-state index in [-0.39, 0.29) is 0 Å². The lowest BCUT2D eigenvalue weighted by Crippen LogP contribution is -2.01. The van der Waals surface area contributed by atoms with Crippen LogP contribution in [0, 0.1) is 0 Å². The second kappa shape index (κ2) is 5.80. The normalized spacial score (nSPS) is 10.9. The maximum absolute atomic E-state index is 10.5. The van der Waals surface area contributed by atoms with E-state index >= 15 is 0 Å². The minimum absolute atomic E-state index is 0.491. The summed E-state index contributed by atoms with van der Waals surface area (Å²) in [7, 11) is 1.61. The Bertz CT molecular complexity index is 344. The van der Waals surface area contributed by atoms with Crippen LogP contribution in [0.4, 0.5) is 5.69 Å². The summed E-state index contributed by atoms with van der Waals surface area (Å²) in [4.78, 5) is 10.5. The van der Waals surface area contributed by atoms with Gasteiger partial charge in [0, 0.05) is 0 Å². The highest BCUT2D eigenvalue weighted by Gasteiger charge is 1.94. The monoisotopic (exact) mass is 206 g/mol. The number of nitrogens with zero attached hydrogens (tertiary/aromatic N) is 1. The van der Waals surface area contributed by atoms with Crippen molar-refractivity contribution in [3.63, 3.8) is 0 Å². The third-order valence-electron chi connectivity index (χ3n) is 1.92. The van der Waals surface area contributed by atoms with E-state index in [2.05, 4.69) is 10.5 Å². The molecule has 0 saturated heterocycles. The van der Waals surface area contributed by atoms with Crippen LogP contribution in [0.3, 0.4) is 0 Å². The van der Waals surface area contributed by atoms with Crippen molar-refractivity contribution in [3.8, 4) is 5.75 Å². The van der Waals surface area contributed by atoms with E-state index in [4.69, 9.17) is 4.74 Å². The van der Waals surface area contributed by atoms with Crippen LogP contribution in [-0.4, -0.2) is 19.1 Å². The number of hydrazone groups is 1. The van der Waals surface area contributed by atoms with Crippen LogP contribution in [-0.2, 0) is 4.79 Å². The van der Waals surface area contributed by atoms with Gasteiger partial charge in [0.2, 0.25) is 0 Å². The van der Waals surface area contributed by atoms with Gasteiger partial charge >= 0.3 is 0 Å². The summed E-state index contributed by atoms with van der Waals surface area (Å²) in [5.41, 5.74) is 4.11. The fourth-order valence-corrected chi connectivity index (χ4v) is 0.991. The van der Waals surface area contributed by atoms with Crippen molar-refractivity contribution in [2.45, 2.75) is 13.3 Å². The zero-order valence-corrected chi connectivity index (χ0v) is 8.86. The molecule has 0 fully saturated rings. The van der Waals surface area contributed by atoms with E-state index in [1.165, 1.54) is 0 Å². The van der Waals surface area contributed by atoms with Gasteiger partial charge in [-0.05, 0) is 30.7 Å². The highest BCUT2D eigenvalue weighted by Crippen LogP contribution is 2.14. The van der Waals surface area contributed by atoms with Crippen molar-refractivity contribution < 1.29 is 9.53 Å². The number of rotatable bonds is 5. The van der Waals surface area contributed by atoms with Crippen molar-refractivity contribution in [3.05, 3.63) is 24.3 Å². The van der Waals surface area contributed by atoms with Crippen LogP contribution in [0.1, 0.15) is 13.3 Å². The summed E-state index contributed by atoms with van der Waals surface area (Å²) >= 11 is 0. The van der Waals surface area contributed by atoms with Gasteiger partial charge in [0.15, 0.2) is 6.29 Å². The number of ether oxygens (including phenoxy) is 1. The van der Waals surface area contributed by atoms with Crippen molar-refractivity contribution in [2.75, 3.05) is 12.5 Å². The molecule has 0 atom stereocenters. The molecule has 1 aromatic rings. The third-order valence-corrected chi connectivity index (χ3v) is 1.92. The highest BCUT2D eigenvalue weighted by molar-refractivity contribution is 6.28. The summed E-state index contributed by atoms with van der Waals surface area (Å²) in [6, 6.07) is 7.32. The molecule has 15 heavy (non-hydrogen) atoms. The topological polar surface area (TPSA) is 50.7 Å². The van der Waals surface area contributed by atoms with Gasteiger partial charge in [0.1, 0.15) is 11.5 Å². The molecule has 0 aliphatic rings. The molecule has 4 heteroatoms. The highest BCUT2D eigenvalue weighted by atomic mass is 16.5. The lowest BCUT2D eigenvalue weighted by Gasteiger charge is -2.02. The molecule has 0 aliphatic heterocycles. The number of aldehydes is 1. The molecule has 4 nitrogen and oxygen atoms in total. The molecular weight excluding hydrogens is 192 g/mol. The largest absolute Gasteiger partial charge is 0.497 e. The Morgan fingerprint density at radius 2 is 2.13 bits per heavy atom.